The lowest BCUT2D eigenvalue weighted by Gasteiger charge is -2.16. The second-order valence-corrected chi connectivity index (χ2v) is 7.80. The van der Waals surface area contributed by atoms with E-state index in [1.54, 1.807) is 19.1 Å². The van der Waals surface area contributed by atoms with E-state index in [0.717, 1.165) is 18.4 Å². The summed E-state index contributed by atoms with van der Waals surface area (Å²) < 4.78 is 27.4. The van der Waals surface area contributed by atoms with E-state index in [1.165, 1.54) is 12.1 Å². The molecule has 0 aromatic heterocycles. The molecule has 8 nitrogen and oxygen atoms in total. The SMILES string of the molecule is CCOC(=O)[C@@H](NCC(=O)NCCc1ccc(S(N)(=O)=O)cc1)C1CC1. The summed E-state index contributed by atoms with van der Waals surface area (Å²) in [6, 6.07) is 5.77. The Bertz CT molecular complexity index is 729. The molecule has 1 atom stereocenters. The van der Waals surface area contributed by atoms with E-state index in [0.29, 0.717) is 19.6 Å². The quantitative estimate of drug-likeness (QED) is 0.485. The molecule has 26 heavy (non-hydrogen) atoms. The smallest absolute Gasteiger partial charge is 0.323 e. The molecular weight excluding hydrogens is 358 g/mol. The summed E-state index contributed by atoms with van der Waals surface area (Å²) in [4.78, 5) is 23.8. The average molecular weight is 383 g/mol. The Morgan fingerprint density at radius 2 is 1.92 bits per heavy atom. The Hall–Kier alpha value is -1.97. The van der Waals surface area contributed by atoms with Gasteiger partial charge in [-0.3, -0.25) is 14.9 Å². The van der Waals surface area contributed by atoms with E-state index in [9.17, 15) is 18.0 Å². The molecule has 9 heteroatoms. The van der Waals surface area contributed by atoms with E-state index in [4.69, 9.17) is 9.88 Å². The summed E-state index contributed by atoms with van der Waals surface area (Å²) >= 11 is 0. The molecular formula is C17H25N3O5S. The molecule has 0 heterocycles. The van der Waals surface area contributed by atoms with Gasteiger partial charge in [-0.05, 0) is 49.8 Å². The lowest BCUT2D eigenvalue weighted by atomic mass is 10.1. The van der Waals surface area contributed by atoms with Gasteiger partial charge >= 0.3 is 5.97 Å². The topological polar surface area (TPSA) is 128 Å². The summed E-state index contributed by atoms with van der Waals surface area (Å²) in [5.74, 6) is -0.266. The molecule has 0 saturated heterocycles. The van der Waals surface area contributed by atoms with Crippen LogP contribution in [0.4, 0.5) is 0 Å². The van der Waals surface area contributed by atoms with Gasteiger partial charge in [0.15, 0.2) is 0 Å². The standard InChI is InChI=1S/C17H25N3O5S/c1-2-25-17(22)16(13-5-6-13)20-11-15(21)19-10-9-12-3-7-14(8-4-12)26(18,23)24/h3-4,7-8,13,16,20H,2,5-6,9-11H2,1H3,(H,19,21)(H2,18,23,24)/t16-/m0/s1. The van der Waals surface area contributed by atoms with Crippen LogP contribution in [0.1, 0.15) is 25.3 Å². The van der Waals surface area contributed by atoms with Gasteiger partial charge in [-0.15, -0.1) is 0 Å². The molecule has 1 aromatic rings. The second kappa shape index (κ2) is 9.11. The fraction of sp³-hybridized carbons (Fsp3) is 0.529. The first-order valence-corrected chi connectivity index (χ1v) is 10.1. The largest absolute Gasteiger partial charge is 0.465 e. The highest BCUT2D eigenvalue weighted by Crippen LogP contribution is 2.33. The Balaban J connectivity index is 1.72. The highest BCUT2D eigenvalue weighted by Gasteiger charge is 2.37. The summed E-state index contributed by atoms with van der Waals surface area (Å²) in [6.45, 7) is 2.53. The van der Waals surface area contributed by atoms with Crippen LogP contribution in [0, 0.1) is 5.92 Å². The first-order chi connectivity index (χ1) is 12.3. The summed E-state index contributed by atoms with van der Waals surface area (Å²) in [5.41, 5.74) is 0.882. The molecule has 0 bridgehead atoms. The zero-order valence-electron chi connectivity index (χ0n) is 14.7. The molecule has 4 N–H and O–H groups in total. The Morgan fingerprint density at radius 3 is 2.46 bits per heavy atom. The van der Waals surface area contributed by atoms with E-state index in [2.05, 4.69) is 10.6 Å². The van der Waals surface area contributed by atoms with Crippen molar-refractivity contribution >= 4 is 21.9 Å². The van der Waals surface area contributed by atoms with Gasteiger partial charge < -0.3 is 10.1 Å². The fourth-order valence-corrected chi connectivity index (χ4v) is 3.08. The molecule has 2 rings (SSSR count). The van der Waals surface area contributed by atoms with Crippen molar-refractivity contribution in [3.05, 3.63) is 29.8 Å². The first-order valence-electron chi connectivity index (χ1n) is 8.59. The lowest BCUT2D eigenvalue weighted by molar-refractivity contribution is -0.146. The Kier molecular flexibility index (Phi) is 7.13. The minimum Gasteiger partial charge on any atom is -0.465 e. The number of hydrogen-bond acceptors (Lipinski definition) is 6. The van der Waals surface area contributed by atoms with Gasteiger partial charge in [-0.2, -0.15) is 0 Å². The molecule has 0 radical (unpaired) electrons. The monoisotopic (exact) mass is 383 g/mol. The van der Waals surface area contributed by atoms with Crippen molar-refractivity contribution in [2.75, 3.05) is 19.7 Å². The third-order valence-electron chi connectivity index (χ3n) is 4.10. The fourth-order valence-electron chi connectivity index (χ4n) is 2.56. The van der Waals surface area contributed by atoms with Crippen molar-refractivity contribution < 1.29 is 22.7 Å². The van der Waals surface area contributed by atoms with E-state index < -0.39 is 16.1 Å². The third-order valence-corrected chi connectivity index (χ3v) is 5.03. The highest BCUT2D eigenvalue weighted by molar-refractivity contribution is 7.89. The van der Waals surface area contributed by atoms with Gasteiger partial charge in [0.25, 0.3) is 0 Å². The Morgan fingerprint density at radius 1 is 1.27 bits per heavy atom. The summed E-state index contributed by atoms with van der Waals surface area (Å²) in [7, 11) is -3.70. The molecule has 1 aromatic carbocycles. The van der Waals surface area contributed by atoms with E-state index in [-0.39, 0.29) is 29.2 Å². The van der Waals surface area contributed by atoms with Crippen LogP contribution in [-0.4, -0.2) is 46.0 Å². The van der Waals surface area contributed by atoms with Crippen LogP contribution < -0.4 is 15.8 Å². The maximum absolute atomic E-state index is 11.9. The maximum Gasteiger partial charge on any atom is 0.323 e. The maximum atomic E-state index is 11.9. The average Bonchev–Trinajstić information content (AvgIpc) is 3.40. The molecule has 0 aliphatic heterocycles. The van der Waals surface area contributed by atoms with Gasteiger partial charge in [-0.25, -0.2) is 13.6 Å². The molecule has 1 fully saturated rings. The molecule has 0 spiro atoms. The zero-order chi connectivity index (χ0) is 19.2. The predicted octanol–water partition coefficient (Wildman–Crippen LogP) is -0.0760. The van der Waals surface area contributed by atoms with Crippen LogP contribution in [0.2, 0.25) is 0 Å². The minimum absolute atomic E-state index is 0.0460. The zero-order valence-corrected chi connectivity index (χ0v) is 15.6. The number of rotatable bonds is 10. The number of carbonyl (C=O) groups is 2. The van der Waals surface area contributed by atoms with Crippen molar-refractivity contribution in [2.24, 2.45) is 11.1 Å². The third kappa shape index (κ3) is 6.40. The van der Waals surface area contributed by atoms with Crippen LogP contribution in [-0.2, 0) is 30.8 Å². The number of nitrogens with two attached hydrogens (primary N) is 1. The molecule has 1 aliphatic rings. The summed E-state index contributed by atoms with van der Waals surface area (Å²) in [5, 5.41) is 10.8. The first kappa shape index (κ1) is 20.3. The van der Waals surface area contributed by atoms with Crippen LogP contribution in [0.15, 0.2) is 29.2 Å². The number of nitrogens with one attached hydrogen (secondary N) is 2. The van der Waals surface area contributed by atoms with E-state index >= 15 is 0 Å². The van der Waals surface area contributed by atoms with E-state index in [1.807, 2.05) is 0 Å². The van der Waals surface area contributed by atoms with Crippen molar-refractivity contribution in [1.29, 1.82) is 0 Å². The van der Waals surface area contributed by atoms with Crippen molar-refractivity contribution in [3.8, 4) is 0 Å². The lowest BCUT2D eigenvalue weighted by Crippen LogP contribution is -2.45. The number of amides is 1. The number of carbonyl (C=O) groups excluding carboxylic acids is 2. The molecule has 1 amide bonds. The predicted molar refractivity (Wildman–Crippen MR) is 95.7 cm³/mol. The van der Waals surface area contributed by atoms with Gasteiger partial charge in [0.2, 0.25) is 15.9 Å². The van der Waals surface area contributed by atoms with Gasteiger partial charge in [0, 0.05) is 6.54 Å². The summed E-state index contributed by atoms with van der Waals surface area (Å²) in [6.07, 6.45) is 2.49. The van der Waals surface area contributed by atoms with Crippen LogP contribution in [0.25, 0.3) is 0 Å². The number of sulfonamides is 1. The van der Waals surface area contributed by atoms with Crippen LogP contribution in [0.5, 0.6) is 0 Å². The number of ether oxygens (including phenoxy) is 1. The number of primary sulfonamides is 1. The number of hydrogen-bond donors (Lipinski definition) is 3. The molecule has 1 aliphatic carbocycles. The number of benzene rings is 1. The number of esters is 1. The van der Waals surface area contributed by atoms with Crippen molar-refractivity contribution in [2.45, 2.75) is 37.1 Å². The Labute approximate surface area is 153 Å². The van der Waals surface area contributed by atoms with Crippen molar-refractivity contribution in [1.82, 2.24) is 10.6 Å². The second-order valence-electron chi connectivity index (χ2n) is 6.24. The van der Waals surface area contributed by atoms with Crippen LogP contribution >= 0.6 is 0 Å². The van der Waals surface area contributed by atoms with Gasteiger partial charge in [0.05, 0.1) is 18.0 Å². The normalized spacial score (nSPS) is 15.3. The van der Waals surface area contributed by atoms with Gasteiger partial charge in [0.1, 0.15) is 6.04 Å². The molecule has 0 unspecified atom stereocenters. The van der Waals surface area contributed by atoms with Crippen LogP contribution in [0.3, 0.4) is 0 Å². The highest BCUT2D eigenvalue weighted by atomic mass is 32.2. The van der Waals surface area contributed by atoms with Crippen molar-refractivity contribution in [3.63, 3.8) is 0 Å². The minimum atomic E-state index is -3.70. The molecule has 144 valence electrons. The van der Waals surface area contributed by atoms with Gasteiger partial charge in [-0.1, -0.05) is 12.1 Å². The molecule has 1 saturated carbocycles.